The van der Waals surface area contributed by atoms with Crippen molar-refractivity contribution in [2.75, 3.05) is 6.79 Å². The van der Waals surface area contributed by atoms with Crippen molar-refractivity contribution >= 4 is 34.2 Å². The molecule has 0 unspecified atom stereocenters. The number of nitrogens with zero attached hydrogens (tertiary/aromatic N) is 1. The first kappa shape index (κ1) is 22.8. The van der Waals surface area contributed by atoms with E-state index >= 15 is 0 Å². The molecule has 0 fully saturated rings. The van der Waals surface area contributed by atoms with E-state index in [0.717, 1.165) is 12.3 Å². The first-order valence-corrected chi connectivity index (χ1v) is 11.1. The van der Waals surface area contributed by atoms with E-state index in [2.05, 4.69) is 15.8 Å². The van der Waals surface area contributed by atoms with Gasteiger partial charge in [-0.1, -0.05) is 24.3 Å². The van der Waals surface area contributed by atoms with E-state index in [1.54, 1.807) is 48.5 Å². The van der Waals surface area contributed by atoms with Gasteiger partial charge in [0.2, 0.25) is 11.9 Å². The van der Waals surface area contributed by atoms with Crippen molar-refractivity contribution in [3.8, 4) is 11.5 Å². The monoisotopic (exact) mass is 482 g/mol. The number of carbonyl (C=O) groups excluding carboxylic acids is 2. The van der Waals surface area contributed by atoms with Crippen LogP contribution in [-0.4, -0.2) is 37.8 Å². The van der Waals surface area contributed by atoms with Crippen LogP contribution in [0.1, 0.15) is 21.7 Å². The number of carbonyl (C=O) groups is 2. The summed E-state index contributed by atoms with van der Waals surface area (Å²) in [6, 6.07) is 15.4. The molecule has 1 aromatic heterocycles. The molecule has 0 saturated heterocycles. The Balaban J connectivity index is 1.54. The topological polar surface area (TPSA) is 159 Å². The number of hydrogen-bond donors (Lipinski definition) is 2. The minimum absolute atomic E-state index is 0.0793. The maximum atomic E-state index is 12.8. The fraction of sp³-hybridized carbons (Fsp3) is 0.0455. The summed E-state index contributed by atoms with van der Waals surface area (Å²) in [7, 11) is -4.76. The molecule has 0 aliphatic carbocycles. The summed E-state index contributed by atoms with van der Waals surface area (Å²) >= 11 is 0. The zero-order chi connectivity index (χ0) is 24.1. The third kappa shape index (κ3) is 5.49. The number of hydrogen-bond acceptors (Lipinski definition) is 9. The number of hydrazone groups is 1. The molecule has 4 rings (SSSR count). The Morgan fingerprint density at radius 3 is 2.50 bits per heavy atom. The van der Waals surface area contributed by atoms with E-state index in [1.807, 2.05) is 0 Å². The van der Waals surface area contributed by atoms with Gasteiger partial charge in [0.1, 0.15) is 11.5 Å². The van der Waals surface area contributed by atoms with Crippen LogP contribution in [0.2, 0.25) is 0 Å². The zero-order valence-corrected chi connectivity index (χ0v) is 18.1. The van der Waals surface area contributed by atoms with Gasteiger partial charge in [-0.05, 0) is 48.0 Å². The highest BCUT2D eigenvalue weighted by molar-refractivity contribution is 7.85. The molecule has 0 atom stereocenters. The average molecular weight is 482 g/mol. The van der Waals surface area contributed by atoms with Gasteiger partial charge in [-0.2, -0.15) is 5.10 Å². The predicted octanol–water partition coefficient (Wildman–Crippen LogP) is 1.83. The summed E-state index contributed by atoms with van der Waals surface area (Å²) in [6.07, 6.45) is 2.42. The maximum absolute atomic E-state index is 12.8. The highest BCUT2D eigenvalue weighted by Gasteiger charge is 2.17. The Morgan fingerprint density at radius 2 is 1.76 bits per heavy atom. The van der Waals surface area contributed by atoms with E-state index in [4.69, 9.17) is 13.9 Å². The van der Waals surface area contributed by atoms with Crippen molar-refractivity contribution in [1.82, 2.24) is 10.7 Å². The molecule has 0 bridgehead atoms. The molecule has 2 heterocycles. The molecule has 3 aromatic rings. The Kier molecular flexibility index (Phi) is 6.43. The fourth-order valence-electron chi connectivity index (χ4n) is 2.86. The van der Waals surface area contributed by atoms with Gasteiger partial charge >= 0.3 is 0 Å². The van der Waals surface area contributed by atoms with Crippen LogP contribution < -0.4 is 20.2 Å². The second kappa shape index (κ2) is 9.60. The van der Waals surface area contributed by atoms with Crippen LogP contribution >= 0.6 is 0 Å². The lowest BCUT2D eigenvalue weighted by Crippen LogP contribution is -2.32. The van der Waals surface area contributed by atoms with Gasteiger partial charge in [-0.15, -0.1) is 0 Å². The van der Waals surface area contributed by atoms with Gasteiger partial charge in [0, 0.05) is 5.56 Å². The van der Waals surface area contributed by atoms with E-state index in [1.165, 1.54) is 12.1 Å². The molecule has 12 heteroatoms. The van der Waals surface area contributed by atoms with Crippen molar-refractivity contribution in [3.05, 3.63) is 83.2 Å². The molecule has 0 radical (unpaired) electrons. The number of ether oxygens (including phenoxy) is 2. The van der Waals surface area contributed by atoms with Crippen molar-refractivity contribution in [1.29, 1.82) is 0 Å². The first-order chi connectivity index (χ1) is 16.3. The van der Waals surface area contributed by atoms with Crippen molar-refractivity contribution in [2.45, 2.75) is 5.09 Å². The molecule has 1 aliphatic heterocycles. The molecule has 2 aromatic carbocycles. The lowest BCUT2D eigenvalue weighted by atomic mass is 10.1. The molecule has 2 N–H and O–H groups in total. The number of amides is 2. The number of nitrogens with one attached hydrogen (secondary N) is 2. The van der Waals surface area contributed by atoms with E-state index < -0.39 is 27.0 Å². The highest BCUT2D eigenvalue weighted by atomic mass is 32.2. The summed E-state index contributed by atoms with van der Waals surface area (Å²) in [5.74, 6) is -0.337. The van der Waals surface area contributed by atoms with Crippen LogP contribution in [0.3, 0.4) is 0 Å². The van der Waals surface area contributed by atoms with E-state index in [-0.39, 0.29) is 18.3 Å². The van der Waals surface area contributed by atoms with Crippen molar-refractivity contribution in [2.24, 2.45) is 5.10 Å². The molecular formula is C22H16N3O8S-. The van der Waals surface area contributed by atoms with Crippen LogP contribution in [0.15, 0.2) is 81.0 Å². The van der Waals surface area contributed by atoms with Crippen LogP contribution in [0, 0.1) is 0 Å². The summed E-state index contributed by atoms with van der Waals surface area (Å²) in [5, 5.41) is 5.45. The van der Waals surface area contributed by atoms with Gasteiger partial charge in [-0.25, -0.2) is 13.8 Å². The third-order valence-electron chi connectivity index (χ3n) is 4.44. The van der Waals surface area contributed by atoms with Crippen molar-refractivity contribution in [3.63, 3.8) is 0 Å². The lowest BCUT2D eigenvalue weighted by molar-refractivity contribution is -0.117. The molecule has 1 aliphatic rings. The number of rotatable bonds is 7. The van der Waals surface area contributed by atoms with Crippen LogP contribution in [0.4, 0.5) is 0 Å². The molecule has 11 nitrogen and oxygen atoms in total. The van der Waals surface area contributed by atoms with E-state index in [9.17, 15) is 22.6 Å². The van der Waals surface area contributed by atoms with Gasteiger partial charge in [-0.3, -0.25) is 9.59 Å². The Morgan fingerprint density at radius 1 is 1.00 bits per heavy atom. The van der Waals surface area contributed by atoms with Crippen LogP contribution in [0.5, 0.6) is 11.5 Å². The average Bonchev–Trinajstić information content (AvgIpc) is 3.48. The SMILES string of the molecule is O=C(N/N=C\c1ccc(S(=O)(=O)[O-])o1)/C(=C\c1ccc2c(c1)OCO2)NC(=O)c1ccccc1. The lowest BCUT2D eigenvalue weighted by Gasteiger charge is -2.09. The molecule has 0 spiro atoms. The number of benzene rings is 2. The largest absolute Gasteiger partial charge is 0.742 e. The Bertz CT molecular complexity index is 1390. The normalized spacial score (nSPS) is 13.1. The first-order valence-electron chi connectivity index (χ1n) is 9.66. The standard InChI is InChI=1S/C22H17N3O8S/c26-21(15-4-2-1-3-5-15)24-17(10-14-6-8-18-19(11-14)32-13-31-18)22(27)25-23-12-16-7-9-20(33-16)34(28,29)30/h1-12H,13H2,(H,24,26)(H,25,27)(H,28,29,30)/p-1/b17-10+,23-12-. The van der Waals surface area contributed by atoms with Gasteiger partial charge in [0.15, 0.2) is 21.6 Å². The fourth-order valence-corrected chi connectivity index (χ4v) is 3.30. The van der Waals surface area contributed by atoms with Gasteiger partial charge in [0.25, 0.3) is 11.8 Å². The molecule has 2 amide bonds. The number of fused-ring (bicyclic) bond motifs is 1. The molecule has 174 valence electrons. The summed E-state index contributed by atoms with van der Waals surface area (Å²) in [6.45, 7) is 0.0808. The Labute approximate surface area is 193 Å². The summed E-state index contributed by atoms with van der Waals surface area (Å²) in [5.41, 5.74) is 2.96. The third-order valence-corrected chi connectivity index (χ3v) is 5.16. The van der Waals surface area contributed by atoms with Crippen LogP contribution in [-0.2, 0) is 14.9 Å². The highest BCUT2D eigenvalue weighted by Crippen LogP contribution is 2.33. The quantitative estimate of drug-likeness (QED) is 0.223. The molecular weight excluding hydrogens is 466 g/mol. The smallest absolute Gasteiger partial charge is 0.287 e. The predicted molar refractivity (Wildman–Crippen MR) is 117 cm³/mol. The second-order valence-corrected chi connectivity index (χ2v) is 8.11. The summed E-state index contributed by atoms with van der Waals surface area (Å²) in [4.78, 5) is 25.4. The van der Waals surface area contributed by atoms with Crippen molar-refractivity contribution < 1.29 is 36.5 Å². The zero-order valence-electron chi connectivity index (χ0n) is 17.3. The maximum Gasteiger partial charge on any atom is 0.287 e. The summed E-state index contributed by atoms with van der Waals surface area (Å²) < 4.78 is 48.3. The minimum Gasteiger partial charge on any atom is -0.742 e. The second-order valence-electron chi connectivity index (χ2n) is 6.80. The Hall–Kier alpha value is -4.42. The minimum atomic E-state index is -4.76. The van der Waals surface area contributed by atoms with Gasteiger partial charge < -0.3 is 23.8 Å². The van der Waals surface area contributed by atoms with Gasteiger partial charge in [0.05, 0.1) is 6.21 Å². The molecule has 34 heavy (non-hydrogen) atoms. The van der Waals surface area contributed by atoms with E-state index in [0.29, 0.717) is 22.6 Å². The molecule has 0 saturated carbocycles. The number of furan rings is 1. The van der Waals surface area contributed by atoms with Crippen LogP contribution in [0.25, 0.3) is 6.08 Å².